The van der Waals surface area contributed by atoms with Gasteiger partial charge in [0, 0.05) is 19.1 Å². The van der Waals surface area contributed by atoms with Crippen LogP contribution in [0, 0.1) is 5.82 Å². The van der Waals surface area contributed by atoms with E-state index in [0.717, 1.165) is 25.7 Å². The van der Waals surface area contributed by atoms with Gasteiger partial charge in [0.2, 0.25) is 10.0 Å². The van der Waals surface area contributed by atoms with Crippen molar-refractivity contribution in [3.63, 3.8) is 0 Å². The fourth-order valence-electron chi connectivity index (χ4n) is 2.61. The van der Waals surface area contributed by atoms with Gasteiger partial charge in [-0.25, -0.2) is 12.8 Å². The third-order valence-corrected chi connectivity index (χ3v) is 5.86. The molecular weight excluding hydrogens is 279 g/mol. The van der Waals surface area contributed by atoms with E-state index >= 15 is 0 Å². The summed E-state index contributed by atoms with van der Waals surface area (Å²) >= 11 is 0. The molecular formula is C14H21FN2O2S. The van der Waals surface area contributed by atoms with Crippen molar-refractivity contribution in [1.29, 1.82) is 0 Å². The predicted octanol–water partition coefficient (Wildman–Crippen LogP) is 2.24. The van der Waals surface area contributed by atoms with E-state index in [4.69, 9.17) is 5.73 Å². The second-order valence-electron chi connectivity index (χ2n) is 5.28. The fourth-order valence-corrected chi connectivity index (χ4v) is 4.36. The van der Waals surface area contributed by atoms with Crippen LogP contribution in [0.1, 0.15) is 38.2 Å². The third kappa shape index (κ3) is 3.02. The largest absolute Gasteiger partial charge is 0.326 e. The van der Waals surface area contributed by atoms with Crippen LogP contribution < -0.4 is 5.73 Å². The summed E-state index contributed by atoms with van der Waals surface area (Å²) in [6.07, 6.45) is 3.68. The highest BCUT2D eigenvalue weighted by molar-refractivity contribution is 7.89. The van der Waals surface area contributed by atoms with Crippen molar-refractivity contribution in [2.24, 2.45) is 5.73 Å². The highest BCUT2D eigenvalue weighted by Crippen LogP contribution is 2.26. The SMILES string of the molecule is CC1CCCCCN1S(=O)(=O)c1ccc(CN)cc1F. The molecule has 1 saturated heterocycles. The Hall–Kier alpha value is -0.980. The molecule has 4 nitrogen and oxygen atoms in total. The summed E-state index contributed by atoms with van der Waals surface area (Å²) < 4.78 is 40.7. The number of hydrogen-bond acceptors (Lipinski definition) is 3. The number of rotatable bonds is 3. The van der Waals surface area contributed by atoms with Crippen LogP contribution in [0.15, 0.2) is 23.1 Å². The second-order valence-corrected chi connectivity index (χ2v) is 7.14. The van der Waals surface area contributed by atoms with E-state index in [9.17, 15) is 12.8 Å². The van der Waals surface area contributed by atoms with Gasteiger partial charge in [-0.15, -0.1) is 0 Å². The molecule has 0 aliphatic carbocycles. The van der Waals surface area contributed by atoms with Gasteiger partial charge in [-0.1, -0.05) is 18.9 Å². The summed E-state index contributed by atoms with van der Waals surface area (Å²) in [6, 6.07) is 4.01. The molecule has 1 aromatic carbocycles. The normalized spacial score (nSPS) is 21.6. The van der Waals surface area contributed by atoms with E-state index in [-0.39, 0.29) is 17.5 Å². The molecule has 0 amide bonds. The van der Waals surface area contributed by atoms with E-state index in [1.165, 1.54) is 16.4 Å². The first kappa shape index (κ1) is 15.4. The first-order valence-electron chi connectivity index (χ1n) is 6.97. The summed E-state index contributed by atoms with van der Waals surface area (Å²) in [5, 5.41) is 0. The van der Waals surface area contributed by atoms with Gasteiger partial charge >= 0.3 is 0 Å². The second kappa shape index (κ2) is 6.20. The van der Waals surface area contributed by atoms with Gasteiger partial charge in [0.15, 0.2) is 0 Å². The van der Waals surface area contributed by atoms with Gasteiger partial charge in [0.1, 0.15) is 10.7 Å². The smallest absolute Gasteiger partial charge is 0.246 e. The van der Waals surface area contributed by atoms with Crippen molar-refractivity contribution in [3.05, 3.63) is 29.6 Å². The molecule has 1 aliphatic rings. The first-order valence-corrected chi connectivity index (χ1v) is 8.41. The monoisotopic (exact) mass is 300 g/mol. The van der Waals surface area contributed by atoms with E-state index in [0.29, 0.717) is 12.1 Å². The Kier molecular flexibility index (Phi) is 4.78. The topological polar surface area (TPSA) is 63.4 Å². The number of benzene rings is 1. The molecule has 1 fully saturated rings. The lowest BCUT2D eigenvalue weighted by Gasteiger charge is -2.26. The Labute approximate surface area is 119 Å². The number of sulfonamides is 1. The molecule has 0 saturated carbocycles. The minimum atomic E-state index is -3.77. The number of hydrogen-bond donors (Lipinski definition) is 1. The molecule has 1 aliphatic heterocycles. The first-order chi connectivity index (χ1) is 9.46. The average Bonchev–Trinajstić information content (AvgIpc) is 2.63. The summed E-state index contributed by atoms with van der Waals surface area (Å²) in [5.41, 5.74) is 6.03. The maximum absolute atomic E-state index is 14.1. The van der Waals surface area contributed by atoms with Gasteiger partial charge in [0.05, 0.1) is 0 Å². The molecule has 1 aromatic rings. The fraction of sp³-hybridized carbons (Fsp3) is 0.571. The summed E-state index contributed by atoms with van der Waals surface area (Å²) in [7, 11) is -3.77. The van der Waals surface area contributed by atoms with E-state index in [2.05, 4.69) is 0 Å². The average molecular weight is 300 g/mol. The summed E-state index contributed by atoms with van der Waals surface area (Å²) in [5.74, 6) is -0.718. The highest BCUT2D eigenvalue weighted by Gasteiger charge is 2.31. The molecule has 2 N–H and O–H groups in total. The van der Waals surface area contributed by atoms with Crippen LogP contribution in [0.3, 0.4) is 0 Å². The van der Waals surface area contributed by atoms with E-state index < -0.39 is 15.8 Å². The van der Waals surface area contributed by atoms with Crippen LogP contribution in [-0.4, -0.2) is 25.3 Å². The molecule has 0 spiro atoms. The lowest BCUT2D eigenvalue weighted by Crippen LogP contribution is -2.38. The van der Waals surface area contributed by atoms with Crippen LogP contribution in [0.4, 0.5) is 4.39 Å². The van der Waals surface area contributed by atoms with Crippen LogP contribution >= 0.6 is 0 Å². The number of nitrogens with two attached hydrogens (primary N) is 1. The highest BCUT2D eigenvalue weighted by atomic mass is 32.2. The predicted molar refractivity (Wildman–Crippen MR) is 76.1 cm³/mol. The van der Waals surface area contributed by atoms with Crippen LogP contribution in [0.2, 0.25) is 0 Å². The quantitative estimate of drug-likeness (QED) is 0.931. The van der Waals surface area contributed by atoms with Gasteiger partial charge in [-0.2, -0.15) is 4.31 Å². The number of halogens is 1. The molecule has 0 aromatic heterocycles. The molecule has 6 heteroatoms. The van der Waals surface area contributed by atoms with Crippen molar-refractivity contribution in [2.45, 2.75) is 50.1 Å². The van der Waals surface area contributed by atoms with Crippen molar-refractivity contribution in [3.8, 4) is 0 Å². The molecule has 0 radical (unpaired) electrons. The standard InChI is InChI=1S/C14H21FN2O2S/c1-11-5-3-2-4-8-17(11)20(18,19)14-7-6-12(10-16)9-13(14)15/h6-7,9,11H,2-5,8,10,16H2,1H3. The van der Waals surface area contributed by atoms with Crippen molar-refractivity contribution in [2.75, 3.05) is 6.54 Å². The minimum absolute atomic E-state index is 0.0870. The molecule has 112 valence electrons. The molecule has 0 bridgehead atoms. The summed E-state index contributed by atoms with van der Waals surface area (Å²) in [6.45, 7) is 2.54. The molecule has 20 heavy (non-hydrogen) atoms. The van der Waals surface area contributed by atoms with Crippen molar-refractivity contribution < 1.29 is 12.8 Å². The Morgan fingerprint density at radius 3 is 2.75 bits per heavy atom. The van der Waals surface area contributed by atoms with Gasteiger partial charge in [-0.3, -0.25) is 0 Å². The molecule has 1 unspecified atom stereocenters. The van der Waals surface area contributed by atoms with Crippen LogP contribution in [0.5, 0.6) is 0 Å². The zero-order chi connectivity index (χ0) is 14.8. The zero-order valence-corrected chi connectivity index (χ0v) is 12.5. The Morgan fingerprint density at radius 2 is 2.10 bits per heavy atom. The maximum atomic E-state index is 14.1. The van der Waals surface area contributed by atoms with E-state index in [1.54, 1.807) is 6.07 Å². The van der Waals surface area contributed by atoms with E-state index in [1.807, 2.05) is 6.92 Å². The Bertz CT molecular complexity index is 575. The minimum Gasteiger partial charge on any atom is -0.326 e. The van der Waals surface area contributed by atoms with Crippen molar-refractivity contribution in [1.82, 2.24) is 4.31 Å². The lowest BCUT2D eigenvalue weighted by atomic mass is 10.1. The molecule has 1 heterocycles. The molecule has 1 atom stereocenters. The summed E-state index contributed by atoms with van der Waals surface area (Å²) in [4.78, 5) is -0.247. The molecule has 2 rings (SSSR count). The maximum Gasteiger partial charge on any atom is 0.246 e. The Balaban J connectivity index is 2.38. The van der Waals surface area contributed by atoms with Crippen molar-refractivity contribution >= 4 is 10.0 Å². The third-order valence-electron chi connectivity index (χ3n) is 3.81. The Morgan fingerprint density at radius 1 is 1.35 bits per heavy atom. The van der Waals surface area contributed by atoms with Gasteiger partial charge in [-0.05, 0) is 37.5 Å². The van der Waals surface area contributed by atoms with Gasteiger partial charge in [0.25, 0.3) is 0 Å². The van der Waals surface area contributed by atoms with Crippen LogP contribution in [-0.2, 0) is 16.6 Å². The lowest BCUT2D eigenvalue weighted by molar-refractivity contribution is 0.340. The number of nitrogens with zero attached hydrogens (tertiary/aromatic N) is 1. The van der Waals surface area contributed by atoms with Gasteiger partial charge < -0.3 is 5.73 Å². The van der Waals surface area contributed by atoms with Crippen LogP contribution in [0.25, 0.3) is 0 Å². The zero-order valence-electron chi connectivity index (χ0n) is 11.7.